The number of sulfonamides is 1. The van der Waals surface area contributed by atoms with E-state index in [2.05, 4.69) is 4.72 Å². The van der Waals surface area contributed by atoms with Gasteiger partial charge in [-0.25, -0.2) is 13.1 Å². The maximum Gasteiger partial charge on any atom is 0.240 e. The van der Waals surface area contributed by atoms with Crippen molar-refractivity contribution in [3.05, 3.63) is 29.3 Å². The van der Waals surface area contributed by atoms with E-state index in [9.17, 15) is 8.42 Å². The van der Waals surface area contributed by atoms with Crippen LogP contribution < -0.4 is 4.72 Å². The lowest BCUT2D eigenvalue weighted by Crippen LogP contribution is -2.36. The molecule has 0 saturated heterocycles. The second-order valence-electron chi connectivity index (χ2n) is 4.41. The van der Waals surface area contributed by atoms with Crippen molar-refractivity contribution in [2.75, 3.05) is 0 Å². The third-order valence-electron chi connectivity index (χ3n) is 3.03. The van der Waals surface area contributed by atoms with Crippen molar-refractivity contribution in [2.24, 2.45) is 0 Å². The quantitative estimate of drug-likeness (QED) is 0.920. The van der Waals surface area contributed by atoms with Gasteiger partial charge >= 0.3 is 0 Å². The molecule has 0 atom stereocenters. The molecule has 2 rings (SSSR count). The van der Waals surface area contributed by atoms with E-state index in [1.54, 1.807) is 18.2 Å². The highest BCUT2D eigenvalue weighted by molar-refractivity contribution is 7.89. The molecule has 1 fully saturated rings. The fourth-order valence-electron chi connectivity index (χ4n) is 2.14. The Morgan fingerprint density at radius 1 is 1.18 bits per heavy atom. The Kier molecular flexibility index (Phi) is 4.07. The average molecular weight is 274 g/mol. The molecule has 0 amide bonds. The lowest BCUT2D eigenvalue weighted by atomic mass is 9.96. The van der Waals surface area contributed by atoms with Gasteiger partial charge in [-0.3, -0.25) is 0 Å². The fourth-order valence-corrected chi connectivity index (χ4v) is 3.75. The van der Waals surface area contributed by atoms with Crippen LogP contribution in [0.2, 0.25) is 5.02 Å². The molecule has 0 aromatic heterocycles. The second kappa shape index (κ2) is 5.38. The van der Waals surface area contributed by atoms with E-state index < -0.39 is 10.0 Å². The minimum absolute atomic E-state index is 0.0766. The van der Waals surface area contributed by atoms with Crippen LogP contribution in [0, 0.1) is 0 Å². The summed E-state index contributed by atoms with van der Waals surface area (Å²) in [6, 6.07) is 6.44. The van der Waals surface area contributed by atoms with Crippen LogP contribution in [0.4, 0.5) is 0 Å². The van der Waals surface area contributed by atoms with E-state index in [1.165, 1.54) is 12.5 Å². The van der Waals surface area contributed by atoms with Crippen molar-refractivity contribution in [1.82, 2.24) is 4.72 Å². The molecule has 94 valence electrons. The molecule has 1 aromatic carbocycles. The van der Waals surface area contributed by atoms with E-state index >= 15 is 0 Å². The molecular formula is C12H16ClNO2S. The summed E-state index contributed by atoms with van der Waals surface area (Å²) in [5.74, 6) is 0. The van der Waals surface area contributed by atoms with E-state index in [-0.39, 0.29) is 10.9 Å². The van der Waals surface area contributed by atoms with Gasteiger partial charge in [0.25, 0.3) is 0 Å². The lowest BCUT2D eigenvalue weighted by molar-refractivity contribution is 0.412. The fraction of sp³-hybridized carbons (Fsp3) is 0.500. The summed E-state index contributed by atoms with van der Waals surface area (Å²) in [7, 11) is -3.42. The summed E-state index contributed by atoms with van der Waals surface area (Å²) >= 11 is 5.80. The van der Waals surface area contributed by atoms with Crippen LogP contribution in [-0.2, 0) is 10.0 Å². The Morgan fingerprint density at radius 2 is 1.88 bits per heavy atom. The molecule has 0 unspecified atom stereocenters. The number of hydrogen-bond acceptors (Lipinski definition) is 2. The number of rotatable bonds is 3. The summed E-state index contributed by atoms with van der Waals surface area (Å²) in [4.78, 5) is 0.246. The van der Waals surface area contributed by atoms with Crippen molar-refractivity contribution in [2.45, 2.75) is 43.0 Å². The molecule has 0 spiro atoms. The summed E-state index contributed by atoms with van der Waals surface area (Å²) in [5.41, 5.74) is 0. The molecule has 1 aliphatic rings. The van der Waals surface area contributed by atoms with Crippen LogP contribution in [-0.4, -0.2) is 14.5 Å². The van der Waals surface area contributed by atoms with Gasteiger partial charge in [0.2, 0.25) is 10.0 Å². The SMILES string of the molecule is O=S(=O)(NC1CCCCC1)c1cccc(Cl)c1. The molecule has 17 heavy (non-hydrogen) atoms. The van der Waals surface area contributed by atoms with E-state index in [4.69, 9.17) is 11.6 Å². The molecule has 0 heterocycles. The van der Waals surface area contributed by atoms with Crippen molar-refractivity contribution in [3.8, 4) is 0 Å². The topological polar surface area (TPSA) is 46.2 Å². The molecule has 0 bridgehead atoms. The van der Waals surface area contributed by atoms with Gasteiger partial charge in [0.15, 0.2) is 0 Å². The van der Waals surface area contributed by atoms with E-state index in [1.807, 2.05) is 0 Å². The van der Waals surface area contributed by atoms with Crippen molar-refractivity contribution >= 4 is 21.6 Å². The maximum absolute atomic E-state index is 12.1. The van der Waals surface area contributed by atoms with Gasteiger partial charge in [0, 0.05) is 11.1 Å². The van der Waals surface area contributed by atoms with Gasteiger partial charge in [-0.1, -0.05) is 36.9 Å². The summed E-state index contributed by atoms with van der Waals surface area (Å²) in [5, 5.41) is 0.441. The molecule has 0 radical (unpaired) electrons. The van der Waals surface area contributed by atoms with Gasteiger partial charge in [0.05, 0.1) is 4.90 Å². The Balaban J connectivity index is 2.13. The van der Waals surface area contributed by atoms with Crippen molar-refractivity contribution in [3.63, 3.8) is 0 Å². The van der Waals surface area contributed by atoms with Gasteiger partial charge < -0.3 is 0 Å². The summed E-state index contributed by atoms with van der Waals surface area (Å²) in [6.45, 7) is 0. The predicted octanol–water partition coefficient (Wildman–Crippen LogP) is 2.95. The highest BCUT2D eigenvalue weighted by atomic mass is 35.5. The van der Waals surface area contributed by atoms with Crippen molar-refractivity contribution in [1.29, 1.82) is 0 Å². The van der Waals surface area contributed by atoms with Crippen LogP contribution in [0.1, 0.15) is 32.1 Å². The first kappa shape index (κ1) is 12.9. The summed E-state index contributed by atoms with van der Waals surface area (Å²) < 4.78 is 26.9. The third-order valence-corrected chi connectivity index (χ3v) is 4.79. The second-order valence-corrected chi connectivity index (χ2v) is 6.56. The molecule has 1 N–H and O–H groups in total. The van der Waals surface area contributed by atoms with Crippen LogP contribution in [0.3, 0.4) is 0 Å². The molecule has 5 heteroatoms. The van der Waals surface area contributed by atoms with Crippen molar-refractivity contribution < 1.29 is 8.42 Å². The normalized spacial score (nSPS) is 18.2. The molecule has 0 aliphatic heterocycles. The zero-order valence-corrected chi connectivity index (χ0v) is 11.1. The van der Waals surface area contributed by atoms with Gasteiger partial charge in [-0.05, 0) is 31.0 Å². The van der Waals surface area contributed by atoms with Crippen LogP contribution >= 0.6 is 11.6 Å². The maximum atomic E-state index is 12.1. The summed E-state index contributed by atoms with van der Waals surface area (Å²) in [6.07, 6.45) is 5.26. The van der Waals surface area contributed by atoms with Crippen LogP contribution in [0.5, 0.6) is 0 Å². The van der Waals surface area contributed by atoms with E-state index in [0.29, 0.717) is 5.02 Å². The van der Waals surface area contributed by atoms with Crippen LogP contribution in [0.15, 0.2) is 29.2 Å². The van der Waals surface area contributed by atoms with E-state index in [0.717, 1.165) is 25.7 Å². The smallest absolute Gasteiger partial charge is 0.208 e. The first-order valence-corrected chi connectivity index (χ1v) is 7.72. The zero-order valence-electron chi connectivity index (χ0n) is 9.52. The molecule has 3 nitrogen and oxygen atoms in total. The Bertz CT molecular complexity index is 481. The number of hydrogen-bond donors (Lipinski definition) is 1. The predicted molar refractivity (Wildman–Crippen MR) is 68.6 cm³/mol. The molecule has 1 aliphatic carbocycles. The molecule has 1 saturated carbocycles. The first-order chi connectivity index (χ1) is 8.08. The monoisotopic (exact) mass is 273 g/mol. The number of nitrogens with one attached hydrogen (secondary N) is 1. The van der Waals surface area contributed by atoms with Gasteiger partial charge in [-0.2, -0.15) is 0 Å². The first-order valence-electron chi connectivity index (χ1n) is 5.86. The number of halogens is 1. The molecular weight excluding hydrogens is 258 g/mol. The zero-order chi connectivity index (χ0) is 12.3. The Morgan fingerprint density at radius 3 is 2.53 bits per heavy atom. The largest absolute Gasteiger partial charge is 0.240 e. The lowest BCUT2D eigenvalue weighted by Gasteiger charge is -2.22. The van der Waals surface area contributed by atoms with Crippen LogP contribution in [0.25, 0.3) is 0 Å². The van der Waals surface area contributed by atoms with Gasteiger partial charge in [0.1, 0.15) is 0 Å². The van der Waals surface area contributed by atoms with Gasteiger partial charge in [-0.15, -0.1) is 0 Å². The number of benzene rings is 1. The highest BCUT2D eigenvalue weighted by Gasteiger charge is 2.21. The Hall–Kier alpha value is -0.580. The third kappa shape index (κ3) is 3.44. The minimum Gasteiger partial charge on any atom is -0.208 e. The minimum atomic E-state index is -3.42. The standard InChI is InChI=1S/C12H16ClNO2S/c13-10-5-4-8-12(9-10)17(15,16)14-11-6-2-1-3-7-11/h4-5,8-9,11,14H,1-3,6-7H2. The molecule has 1 aromatic rings. The average Bonchev–Trinajstić information content (AvgIpc) is 2.30. The highest BCUT2D eigenvalue weighted by Crippen LogP contribution is 2.21. The Labute approximate surface area is 107 Å².